The molecule has 3 aromatic rings. The summed E-state index contributed by atoms with van der Waals surface area (Å²) in [4.78, 5) is 19.4. The van der Waals surface area contributed by atoms with E-state index in [0.717, 1.165) is 28.3 Å². The fourth-order valence-electron chi connectivity index (χ4n) is 2.37. The number of benzene rings is 1. The summed E-state index contributed by atoms with van der Waals surface area (Å²) in [6, 6.07) is 12.0. The number of nitrogens with one attached hydrogen (secondary N) is 1. The van der Waals surface area contributed by atoms with E-state index in [9.17, 15) is 4.79 Å². The minimum Gasteiger partial charge on any atom is -0.306 e. The van der Waals surface area contributed by atoms with Gasteiger partial charge in [0.2, 0.25) is 0 Å². The fourth-order valence-corrected chi connectivity index (χ4v) is 2.37. The summed E-state index contributed by atoms with van der Waals surface area (Å²) in [6.45, 7) is 4.23. The number of rotatable bonds is 2. The predicted molar refractivity (Wildman–Crippen MR) is 78.4 cm³/mol. The highest BCUT2D eigenvalue weighted by atomic mass is 16.1. The first-order chi connectivity index (χ1) is 9.13. The Balaban J connectivity index is 2.27. The Hall–Kier alpha value is -2.16. The predicted octanol–water partition coefficient (Wildman–Crippen LogP) is 3.27. The summed E-state index contributed by atoms with van der Waals surface area (Å²) in [5, 5.41) is 2.09. The van der Waals surface area contributed by atoms with Gasteiger partial charge in [-0.2, -0.15) is 0 Å². The van der Waals surface area contributed by atoms with Crippen molar-refractivity contribution in [3.8, 4) is 0 Å². The second-order valence-electron chi connectivity index (χ2n) is 5.34. The smallest absolute Gasteiger partial charge is 0.252 e. The van der Waals surface area contributed by atoms with Gasteiger partial charge in [0.25, 0.3) is 5.56 Å². The molecule has 3 nitrogen and oxygen atoms in total. The van der Waals surface area contributed by atoms with Crippen molar-refractivity contribution in [2.24, 2.45) is 5.92 Å². The van der Waals surface area contributed by atoms with Crippen LogP contribution < -0.4 is 5.56 Å². The van der Waals surface area contributed by atoms with Gasteiger partial charge in [-0.15, -0.1) is 0 Å². The van der Waals surface area contributed by atoms with Gasteiger partial charge in [-0.3, -0.25) is 4.79 Å². The molecule has 0 aliphatic rings. The van der Waals surface area contributed by atoms with Crippen molar-refractivity contribution >= 4 is 21.9 Å². The number of fused-ring (bicyclic) bond motifs is 2. The molecule has 3 rings (SSSR count). The number of hydrogen-bond acceptors (Lipinski definition) is 2. The van der Waals surface area contributed by atoms with Crippen LogP contribution >= 0.6 is 0 Å². The van der Waals surface area contributed by atoms with Crippen molar-refractivity contribution in [1.82, 2.24) is 9.97 Å². The lowest BCUT2D eigenvalue weighted by molar-refractivity contribution is 0.643. The van der Waals surface area contributed by atoms with Gasteiger partial charge < -0.3 is 4.98 Å². The minimum atomic E-state index is -0.0241. The largest absolute Gasteiger partial charge is 0.306 e. The average molecular weight is 252 g/mol. The van der Waals surface area contributed by atoms with E-state index in [1.165, 1.54) is 0 Å². The van der Waals surface area contributed by atoms with E-state index in [1.807, 2.05) is 30.3 Å². The highest BCUT2D eigenvalue weighted by Crippen LogP contribution is 2.18. The maximum atomic E-state index is 12.0. The van der Waals surface area contributed by atoms with Crippen LogP contribution in [0.2, 0.25) is 0 Å². The summed E-state index contributed by atoms with van der Waals surface area (Å²) < 4.78 is 0. The van der Waals surface area contributed by atoms with Crippen molar-refractivity contribution in [3.63, 3.8) is 0 Å². The van der Waals surface area contributed by atoms with Gasteiger partial charge in [-0.25, -0.2) is 4.98 Å². The van der Waals surface area contributed by atoms with Crippen molar-refractivity contribution in [2.75, 3.05) is 0 Å². The van der Waals surface area contributed by atoms with Gasteiger partial charge in [0, 0.05) is 16.3 Å². The third kappa shape index (κ3) is 2.24. The normalized spacial score (nSPS) is 11.5. The van der Waals surface area contributed by atoms with Gasteiger partial charge >= 0.3 is 0 Å². The number of pyridine rings is 2. The van der Waals surface area contributed by atoms with E-state index in [-0.39, 0.29) is 5.56 Å². The summed E-state index contributed by atoms with van der Waals surface area (Å²) in [5.74, 6) is 0.465. The Kier molecular flexibility index (Phi) is 2.82. The van der Waals surface area contributed by atoms with Crippen molar-refractivity contribution in [2.45, 2.75) is 20.3 Å². The molecule has 2 aromatic heterocycles. The molecular weight excluding hydrogens is 236 g/mol. The first-order valence-electron chi connectivity index (χ1n) is 6.55. The third-order valence-corrected chi connectivity index (χ3v) is 3.23. The Morgan fingerprint density at radius 1 is 1.16 bits per heavy atom. The fraction of sp³-hybridized carbons (Fsp3) is 0.250. The average Bonchev–Trinajstić information content (AvgIpc) is 2.37. The molecule has 0 atom stereocenters. The van der Waals surface area contributed by atoms with Crippen LogP contribution in [0.4, 0.5) is 0 Å². The first-order valence-corrected chi connectivity index (χ1v) is 6.55. The Bertz CT molecular complexity index is 803. The molecule has 96 valence electrons. The molecule has 19 heavy (non-hydrogen) atoms. The maximum Gasteiger partial charge on any atom is 0.252 e. The second-order valence-corrected chi connectivity index (χ2v) is 5.34. The maximum absolute atomic E-state index is 12.0. The van der Waals surface area contributed by atoms with Crippen LogP contribution in [-0.4, -0.2) is 9.97 Å². The molecular formula is C16H16N2O. The van der Waals surface area contributed by atoms with Crippen molar-refractivity contribution < 1.29 is 0 Å². The zero-order valence-electron chi connectivity index (χ0n) is 11.1. The van der Waals surface area contributed by atoms with Gasteiger partial charge in [0.15, 0.2) is 0 Å². The first kappa shape index (κ1) is 11.9. The summed E-state index contributed by atoms with van der Waals surface area (Å²) in [5.41, 5.74) is 2.38. The van der Waals surface area contributed by atoms with Crippen LogP contribution in [-0.2, 0) is 6.42 Å². The molecule has 0 saturated carbocycles. The lowest BCUT2D eigenvalue weighted by Gasteiger charge is -2.06. The Morgan fingerprint density at radius 3 is 2.74 bits per heavy atom. The van der Waals surface area contributed by atoms with E-state index in [0.29, 0.717) is 11.6 Å². The zero-order valence-corrected chi connectivity index (χ0v) is 11.1. The molecule has 0 fully saturated rings. The SMILES string of the molecule is CC(C)Cc1cc2cc3ccccc3nc2[nH]c1=O. The Morgan fingerprint density at radius 2 is 1.95 bits per heavy atom. The van der Waals surface area contributed by atoms with Gasteiger partial charge in [0.05, 0.1) is 5.52 Å². The van der Waals surface area contributed by atoms with Crippen LogP contribution in [0.15, 0.2) is 41.2 Å². The minimum absolute atomic E-state index is 0.0241. The number of hydrogen-bond donors (Lipinski definition) is 1. The van der Waals surface area contributed by atoms with Crippen molar-refractivity contribution in [3.05, 3.63) is 52.3 Å². The third-order valence-electron chi connectivity index (χ3n) is 3.23. The van der Waals surface area contributed by atoms with Crippen LogP contribution in [0.25, 0.3) is 21.9 Å². The molecule has 1 aromatic carbocycles. The zero-order chi connectivity index (χ0) is 13.4. The number of aromatic nitrogens is 2. The molecule has 0 bridgehead atoms. The molecule has 0 spiro atoms. The van der Waals surface area contributed by atoms with Crippen LogP contribution in [0.5, 0.6) is 0 Å². The van der Waals surface area contributed by atoms with Crippen LogP contribution in [0.1, 0.15) is 19.4 Å². The van der Waals surface area contributed by atoms with E-state index >= 15 is 0 Å². The summed E-state index contributed by atoms with van der Waals surface area (Å²) in [6.07, 6.45) is 0.790. The molecule has 1 N–H and O–H groups in total. The topological polar surface area (TPSA) is 45.8 Å². The van der Waals surface area contributed by atoms with Gasteiger partial charge in [-0.05, 0) is 30.5 Å². The molecule has 0 saturated heterocycles. The van der Waals surface area contributed by atoms with E-state index in [2.05, 4.69) is 29.9 Å². The number of aromatic amines is 1. The molecule has 0 unspecified atom stereocenters. The molecule has 0 aliphatic heterocycles. The van der Waals surface area contributed by atoms with E-state index in [4.69, 9.17) is 0 Å². The molecule has 0 aliphatic carbocycles. The monoisotopic (exact) mass is 252 g/mol. The molecule has 2 heterocycles. The van der Waals surface area contributed by atoms with Crippen molar-refractivity contribution in [1.29, 1.82) is 0 Å². The highest BCUT2D eigenvalue weighted by molar-refractivity contribution is 5.91. The molecule has 0 radical (unpaired) electrons. The highest BCUT2D eigenvalue weighted by Gasteiger charge is 2.07. The quantitative estimate of drug-likeness (QED) is 0.711. The van der Waals surface area contributed by atoms with Crippen LogP contribution in [0.3, 0.4) is 0 Å². The second kappa shape index (κ2) is 4.50. The number of H-pyrrole nitrogens is 1. The Labute approximate surface area is 111 Å². The summed E-state index contributed by atoms with van der Waals surface area (Å²) in [7, 11) is 0. The van der Waals surface area contributed by atoms with Crippen LogP contribution in [0, 0.1) is 5.92 Å². The van der Waals surface area contributed by atoms with Gasteiger partial charge in [-0.1, -0.05) is 32.0 Å². The van der Waals surface area contributed by atoms with E-state index in [1.54, 1.807) is 0 Å². The number of nitrogens with zero attached hydrogens (tertiary/aromatic N) is 1. The molecule has 0 amide bonds. The standard InChI is InChI=1S/C16H16N2O/c1-10(2)7-13-9-12-8-11-5-3-4-6-14(11)17-15(12)18-16(13)19/h3-6,8-10H,7H2,1-2H3,(H,17,18,19). The lowest BCUT2D eigenvalue weighted by atomic mass is 10.0. The van der Waals surface area contributed by atoms with Gasteiger partial charge in [0.1, 0.15) is 5.65 Å². The molecule has 3 heteroatoms. The van der Waals surface area contributed by atoms with E-state index < -0.39 is 0 Å². The number of para-hydroxylation sites is 1. The summed E-state index contributed by atoms with van der Waals surface area (Å²) >= 11 is 0. The lowest BCUT2D eigenvalue weighted by Crippen LogP contribution is -2.14.